The Labute approximate surface area is 106 Å². The fourth-order valence-corrected chi connectivity index (χ4v) is 2.78. The predicted molar refractivity (Wildman–Crippen MR) is 71.4 cm³/mol. The van der Waals surface area contributed by atoms with Gasteiger partial charge >= 0.3 is 0 Å². The molecule has 0 radical (unpaired) electrons. The molecule has 1 rings (SSSR count). The topological polar surface area (TPSA) is 53.0 Å². The Morgan fingerprint density at radius 3 is 2.88 bits per heavy atom. The maximum absolute atomic E-state index is 9.16. The first kappa shape index (κ1) is 14.5. The summed E-state index contributed by atoms with van der Waals surface area (Å²) in [5.41, 5.74) is 5.59. The van der Waals surface area contributed by atoms with Crippen LogP contribution in [0.15, 0.2) is 0 Å². The average molecular weight is 237 g/mol. The van der Waals surface area contributed by atoms with Crippen molar-refractivity contribution in [3.8, 4) is 6.07 Å². The second-order valence-corrected chi connectivity index (χ2v) is 5.81. The van der Waals surface area contributed by atoms with Gasteiger partial charge in [0.25, 0.3) is 0 Å². The largest absolute Gasteiger partial charge is 0.313 e. The zero-order valence-electron chi connectivity index (χ0n) is 11.6. The van der Waals surface area contributed by atoms with E-state index in [-0.39, 0.29) is 0 Å². The molecule has 0 amide bonds. The van der Waals surface area contributed by atoms with E-state index in [1.165, 1.54) is 6.42 Å². The molecule has 3 atom stereocenters. The number of hydrogen-bond donors (Lipinski definition) is 1. The van der Waals surface area contributed by atoms with E-state index < -0.39 is 5.54 Å². The first-order chi connectivity index (χ1) is 8.01. The summed E-state index contributed by atoms with van der Waals surface area (Å²) in [6.45, 7) is 6.73. The maximum atomic E-state index is 9.16. The molecule has 0 bridgehead atoms. The monoisotopic (exact) mass is 237 g/mol. The van der Waals surface area contributed by atoms with Gasteiger partial charge in [0, 0.05) is 6.54 Å². The summed E-state index contributed by atoms with van der Waals surface area (Å²) in [6.07, 6.45) is 5.41. The van der Waals surface area contributed by atoms with Crippen molar-refractivity contribution in [3.05, 3.63) is 0 Å². The lowest BCUT2D eigenvalue weighted by Crippen LogP contribution is -2.43. The van der Waals surface area contributed by atoms with Crippen molar-refractivity contribution in [1.82, 2.24) is 4.90 Å². The Hall–Kier alpha value is -0.590. The van der Waals surface area contributed by atoms with E-state index in [0.717, 1.165) is 44.7 Å². The zero-order valence-corrected chi connectivity index (χ0v) is 11.6. The molecular formula is C14H27N3. The van der Waals surface area contributed by atoms with Crippen molar-refractivity contribution in [2.45, 2.75) is 51.5 Å². The van der Waals surface area contributed by atoms with E-state index in [0.29, 0.717) is 5.92 Å². The minimum atomic E-state index is -0.544. The third kappa shape index (κ3) is 3.97. The Bertz CT molecular complexity index is 271. The van der Waals surface area contributed by atoms with E-state index in [2.05, 4.69) is 31.9 Å². The molecule has 0 spiro atoms. The molecule has 1 aliphatic carbocycles. The van der Waals surface area contributed by atoms with E-state index in [9.17, 15) is 0 Å². The van der Waals surface area contributed by atoms with Crippen molar-refractivity contribution >= 4 is 0 Å². The molecule has 3 unspecified atom stereocenters. The van der Waals surface area contributed by atoms with Gasteiger partial charge in [-0.25, -0.2) is 0 Å². The molecule has 2 N–H and O–H groups in total. The van der Waals surface area contributed by atoms with E-state index in [4.69, 9.17) is 11.0 Å². The van der Waals surface area contributed by atoms with Crippen molar-refractivity contribution in [2.75, 3.05) is 20.1 Å². The van der Waals surface area contributed by atoms with Crippen LogP contribution in [0.2, 0.25) is 0 Å². The van der Waals surface area contributed by atoms with Gasteiger partial charge in [0.2, 0.25) is 0 Å². The van der Waals surface area contributed by atoms with Gasteiger partial charge in [0.05, 0.1) is 6.07 Å². The Morgan fingerprint density at radius 2 is 2.29 bits per heavy atom. The Balaban J connectivity index is 2.33. The third-order valence-electron chi connectivity index (χ3n) is 4.26. The Morgan fingerprint density at radius 1 is 1.59 bits per heavy atom. The summed E-state index contributed by atoms with van der Waals surface area (Å²) >= 11 is 0. The van der Waals surface area contributed by atoms with Crippen LogP contribution in [-0.4, -0.2) is 30.6 Å². The van der Waals surface area contributed by atoms with Crippen molar-refractivity contribution < 1.29 is 0 Å². The highest BCUT2D eigenvalue weighted by Crippen LogP contribution is 2.35. The fourth-order valence-electron chi connectivity index (χ4n) is 2.78. The molecule has 0 heterocycles. The molecule has 1 fully saturated rings. The van der Waals surface area contributed by atoms with E-state index in [1.54, 1.807) is 0 Å². The molecule has 98 valence electrons. The number of nitrogens with zero attached hydrogens (tertiary/aromatic N) is 2. The molecule has 3 heteroatoms. The molecule has 0 aliphatic heterocycles. The smallest absolute Gasteiger partial charge is 0.107 e. The summed E-state index contributed by atoms with van der Waals surface area (Å²) in [5.74, 6) is 1.15. The zero-order chi connectivity index (χ0) is 12.9. The highest BCUT2D eigenvalue weighted by molar-refractivity contribution is 5.11. The molecule has 3 nitrogen and oxygen atoms in total. The van der Waals surface area contributed by atoms with Crippen molar-refractivity contribution in [2.24, 2.45) is 17.6 Å². The molecule has 17 heavy (non-hydrogen) atoms. The van der Waals surface area contributed by atoms with Crippen LogP contribution in [0.1, 0.15) is 46.0 Å². The van der Waals surface area contributed by atoms with Crippen LogP contribution in [0.3, 0.4) is 0 Å². The summed E-state index contributed by atoms with van der Waals surface area (Å²) in [7, 11) is 2.17. The van der Waals surface area contributed by atoms with Gasteiger partial charge in [-0.3, -0.25) is 0 Å². The number of rotatable bonds is 6. The van der Waals surface area contributed by atoms with Crippen LogP contribution in [-0.2, 0) is 0 Å². The summed E-state index contributed by atoms with van der Waals surface area (Å²) in [6, 6.07) is 2.33. The van der Waals surface area contributed by atoms with Gasteiger partial charge in [-0.1, -0.05) is 26.7 Å². The second-order valence-electron chi connectivity index (χ2n) is 5.81. The van der Waals surface area contributed by atoms with Crippen LogP contribution >= 0.6 is 0 Å². The van der Waals surface area contributed by atoms with E-state index in [1.807, 2.05) is 0 Å². The Kier molecular flexibility index (Phi) is 5.42. The molecule has 1 aliphatic rings. The SMILES string of the molecule is CCC(C)CN(C)CCC1CCCC1(N)C#N. The minimum absolute atomic E-state index is 0.395. The van der Waals surface area contributed by atoms with Gasteiger partial charge in [0.1, 0.15) is 5.54 Å². The molecule has 1 saturated carbocycles. The molecule has 0 aromatic carbocycles. The third-order valence-corrected chi connectivity index (χ3v) is 4.26. The van der Waals surface area contributed by atoms with Crippen LogP contribution in [0.5, 0.6) is 0 Å². The first-order valence-electron chi connectivity index (χ1n) is 6.90. The highest BCUT2D eigenvalue weighted by Gasteiger charge is 2.39. The van der Waals surface area contributed by atoms with Crippen LogP contribution in [0.25, 0.3) is 0 Å². The lowest BCUT2D eigenvalue weighted by atomic mass is 9.87. The second kappa shape index (κ2) is 6.37. The quantitative estimate of drug-likeness (QED) is 0.771. The van der Waals surface area contributed by atoms with Gasteiger partial charge in [-0.05, 0) is 44.7 Å². The molecular weight excluding hydrogens is 210 g/mol. The van der Waals surface area contributed by atoms with Gasteiger partial charge in [-0.2, -0.15) is 5.26 Å². The van der Waals surface area contributed by atoms with Gasteiger partial charge < -0.3 is 10.6 Å². The molecule has 0 aromatic rings. The summed E-state index contributed by atoms with van der Waals surface area (Å²) in [5, 5.41) is 9.16. The number of nitriles is 1. The first-order valence-corrected chi connectivity index (χ1v) is 6.90. The standard InChI is InChI=1S/C14H27N3/c1-4-12(2)10-17(3)9-7-13-6-5-8-14(13,16)11-15/h12-13H,4-10,16H2,1-3H3. The highest BCUT2D eigenvalue weighted by atomic mass is 15.1. The van der Waals surface area contributed by atoms with Crippen LogP contribution in [0.4, 0.5) is 0 Å². The summed E-state index contributed by atoms with van der Waals surface area (Å²) in [4.78, 5) is 2.38. The summed E-state index contributed by atoms with van der Waals surface area (Å²) < 4.78 is 0. The predicted octanol–water partition coefficient (Wildman–Crippen LogP) is 2.38. The number of nitrogens with two attached hydrogens (primary N) is 1. The van der Waals surface area contributed by atoms with Crippen molar-refractivity contribution in [3.63, 3.8) is 0 Å². The van der Waals surface area contributed by atoms with Gasteiger partial charge in [-0.15, -0.1) is 0 Å². The average Bonchev–Trinajstić information content (AvgIpc) is 2.68. The molecule has 0 aromatic heterocycles. The van der Waals surface area contributed by atoms with Gasteiger partial charge in [0.15, 0.2) is 0 Å². The minimum Gasteiger partial charge on any atom is -0.313 e. The fraction of sp³-hybridized carbons (Fsp3) is 0.929. The normalized spacial score (nSPS) is 30.5. The number of hydrogen-bond acceptors (Lipinski definition) is 3. The lowest BCUT2D eigenvalue weighted by molar-refractivity contribution is 0.246. The van der Waals surface area contributed by atoms with E-state index >= 15 is 0 Å². The van der Waals surface area contributed by atoms with Crippen molar-refractivity contribution in [1.29, 1.82) is 5.26 Å². The van der Waals surface area contributed by atoms with Crippen LogP contribution in [0, 0.1) is 23.2 Å². The maximum Gasteiger partial charge on any atom is 0.107 e. The lowest BCUT2D eigenvalue weighted by Gasteiger charge is -2.27. The molecule has 0 saturated heterocycles. The van der Waals surface area contributed by atoms with Crippen LogP contribution < -0.4 is 5.73 Å².